The van der Waals surface area contributed by atoms with E-state index in [9.17, 15) is 0 Å². The molecule has 0 radical (unpaired) electrons. The minimum Gasteiger partial charge on any atom is -0.486 e. The van der Waals surface area contributed by atoms with Gasteiger partial charge in [-0.15, -0.1) is 11.3 Å². The molecule has 1 aliphatic rings. The summed E-state index contributed by atoms with van der Waals surface area (Å²) in [5, 5.41) is 4.31. The molecule has 0 unspecified atom stereocenters. The van der Waals surface area contributed by atoms with Gasteiger partial charge >= 0.3 is 0 Å². The van der Waals surface area contributed by atoms with Crippen LogP contribution >= 0.6 is 11.3 Å². The number of aromatic nitrogens is 1. The van der Waals surface area contributed by atoms with E-state index in [0.29, 0.717) is 19.3 Å². The number of anilines is 1. The van der Waals surface area contributed by atoms with Gasteiger partial charge in [0.25, 0.3) is 0 Å². The lowest BCUT2D eigenvalue weighted by atomic mass is 10.1. The highest BCUT2D eigenvalue weighted by Gasteiger charge is 2.16. The van der Waals surface area contributed by atoms with Crippen LogP contribution in [0.4, 0.5) is 5.13 Å². The highest BCUT2D eigenvalue weighted by molar-refractivity contribution is 7.16. The van der Waals surface area contributed by atoms with E-state index in [4.69, 9.17) is 9.47 Å². The van der Waals surface area contributed by atoms with Crippen molar-refractivity contribution in [3.63, 3.8) is 0 Å². The Balaban J connectivity index is 1.94. The quantitative estimate of drug-likeness (QED) is 0.936. The summed E-state index contributed by atoms with van der Waals surface area (Å²) in [5.74, 6) is 1.62. The molecule has 1 aromatic carbocycles. The molecule has 0 aliphatic carbocycles. The Bertz CT molecular complexity index is 622. The Hall–Kier alpha value is -1.75. The summed E-state index contributed by atoms with van der Waals surface area (Å²) in [6.07, 6.45) is 0. The molecule has 1 aromatic heterocycles. The Labute approximate surface area is 122 Å². The third-order valence-electron chi connectivity index (χ3n) is 3.02. The van der Waals surface area contributed by atoms with E-state index >= 15 is 0 Å². The number of hydrogen-bond donors (Lipinski definition) is 1. The van der Waals surface area contributed by atoms with Crippen LogP contribution in [-0.4, -0.2) is 24.2 Å². The maximum atomic E-state index is 5.63. The summed E-state index contributed by atoms with van der Waals surface area (Å²) in [5.41, 5.74) is 2.08. The highest BCUT2D eigenvalue weighted by atomic mass is 32.1. The second kappa shape index (κ2) is 5.32. The first-order valence-electron chi connectivity index (χ1n) is 6.77. The average molecular weight is 290 g/mol. The average Bonchev–Trinajstić information content (AvgIpc) is 2.78. The minimum absolute atomic E-state index is 0.383. The zero-order valence-electron chi connectivity index (χ0n) is 11.9. The number of thiazole rings is 1. The lowest BCUT2D eigenvalue weighted by Gasteiger charge is -2.18. The number of nitrogens with one attached hydrogen (secondary N) is 1. The molecule has 0 saturated heterocycles. The van der Waals surface area contributed by atoms with Crippen LogP contribution in [0.15, 0.2) is 18.2 Å². The molecule has 0 saturated carbocycles. The largest absolute Gasteiger partial charge is 0.486 e. The van der Waals surface area contributed by atoms with Crippen molar-refractivity contribution in [2.75, 3.05) is 18.5 Å². The fourth-order valence-electron chi connectivity index (χ4n) is 2.16. The summed E-state index contributed by atoms with van der Waals surface area (Å²) in [6.45, 7) is 7.54. The molecule has 1 N–H and O–H groups in total. The molecule has 0 fully saturated rings. The van der Waals surface area contributed by atoms with Gasteiger partial charge in [-0.1, -0.05) is 0 Å². The molecule has 20 heavy (non-hydrogen) atoms. The molecule has 106 valence electrons. The zero-order valence-corrected chi connectivity index (χ0v) is 12.7. The second-order valence-electron chi connectivity index (χ2n) is 5.08. The van der Waals surface area contributed by atoms with Crippen LogP contribution in [0.3, 0.4) is 0 Å². The Morgan fingerprint density at radius 1 is 1.20 bits per heavy atom. The van der Waals surface area contributed by atoms with Crippen LogP contribution < -0.4 is 14.8 Å². The van der Waals surface area contributed by atoms with Crippen molar-refractivity contribution < 1.29 is 9.47 Å². The van der Waals surface area contributed by atoms with E-state index in [1.165, 1.54) is 4.88 Å². The number of hydrogen-bond acceptors (Lipinski definition) is 5. The van der Waals surface area contributed by atoms with Crippen molar-refractivity contribution in [2.45, 2.75) is 26.8 Å². The van der Waals surface area contributed by atoms with E-state index in [1.54, 1.807) is 11.3 Å². The molecule has 5 heteroatoms. The Kier molecular flexibility index (Phi) is 3.53. The number of rotatable bonds is 3. The van der Waals surface area contributed by atoms with Crippen LogP contribution in [0.5, 0.6) is 11.5 Å². The standard InChI is InChI=1S/C15H18N2O2S/c1-9(2)16-15-17-14(10(3)20-15)11-4-5-12-13(8-11)19-7-6-18-12/h4-5,8-9H,6-7H2,1-3H3,(H,16,17). The summed E-state index contributed by atoms with van der Waals surface area (Å²) < 4.78 is 11.2. The molecule has 0 atom stereocenters. The maximum absolute atomic E-state index is 5.63. The van der Waals surface area contributed by atoms with E-state index in [2.05, 4.69) is 31.1 Å². The van der Waals surface area contributed by atoms with Crippen LogP contribution in [0, 0.1) is 6.92 Å². The van der Waals surface area contributed by atoms with E-state index in [0.717, 1.165) is 27.9 Å². The number of ether oxygens (including phenoxy) is 2. The Morgan fingerprint density at radius 2 is 1.95 bits per heavy atom. The molecule has 0 spiro atoms. The predicted octanol–water partition coefficient (Wildman–Crippen LogP) is 3.71. The summed E-state index contributed by atoms with van der Waals surface area (Å²) >= 11 is 1.68. The van der Waals surface area contributed by atoms with Crippen LogP contribution in [0.25, 0.3) is 11.3 Å². The maximum Gasteiger partial charge on any atom is 0.183 e. The first-order chi connectivity index (χ1) is 9.63. The number of benzene rings is 1. The normalized spacial score (nSPS) is 13.6. The number of fused-ring (bicyclic) bond motifs is 1. The third kappa shape index (κ3) is 2.58. The van der Waals surface area contributed by atoms with Gasteiger partial charge in [-0.05, 0) is 39.0 Å². The first-order valence-corrected chi connectivity index (χ1v) is 7.59. The summed E-state index contributed by atoms with van der Waals surface area (Å²) in [7, 11) is 0. The lowest BCUT2D eigenvalue weighted by molar-refractivity contribution is 0.171. The fraction of sp³-hybridized carbons (Fsp3) is 0.400. The number of aryl methyl sites for hydroxylation is 1. The zero-order chi connectivity index (χ0) is 14.1. The Morgan fingerprint density at radius 3 is 2.70 bits per heavy atom. The van der Waals surface area contributed by atoms with Gasteiger partial charge in [0.1, 0.15) is 13.2 Å². The van der Waals surface area contributed by atoms with Gasteiger partial charge in [-0.3, -0.25) is 0 Å². The van der Waals surface area contributed by atoms with Gasteiger partial charge in [0.15, 0.2) is 16.6 Å². The van der Waals surface area contributed by atoms with Gasteiger partial charge < -0.3 is 14.8 Å². The van der Waals surface area contributed by atoms with E-state index < -0.39 is 0 Å². The predicted molar refractivity (Wildman–Crippen MR) is 82.0 cm³/mol. The molecule has 1 aliphatic heterocycles. The van der Waals surface area contributed by atoms with E-state index in [1.807, 2.05) is 18.2 Å². The van der Waals surface area contributed by atoms with Crippen LogP contribution in [0.1, 0.15) is 18.7 Å². The molecular weight excluding hydrogens is 272 g/mol. The third-order valence-corrected chi connectivity index (χ3v) is 3.93. The molecule has 2 heterocycles. The van der Waals surface area contributed by atoms with Gasteiger partial charge in [0.2, 0.25) is 0 Å². The molecular formula is C15H18N2O2S. The van der Waals surface area contributed by atoms with Gasteiger partial charge in [0.05, 0.1) is 5.69 Å². The van der Waals surface area contributed by atoms with Crippen molar-refractivity contribution in [1.29, 1.82) is 0 Å². The van der Waals surface area contributed by atoms with Crippen molar-refractivity contribution >= 4 is 16.5 Å². The lowest BCUT2D eigenvalue weighted by Crippen LogP contribution is -2.15. The minimum atomic E-state index is 0.383. The van der Waals surface area contributed by atoms with Crippen molar-refractivity contribution in [2.24, 2.45) is 0 Å². The fourth-order valence-corrected chi connectivity index (χ4v) is 3.15. The monoisotopic (exact) mass is 290 g/mol. The molecule has 0 bridgehead atoms. The molecule has 4 nitrogen and oxygen atoms in total. The topological polar surface area (TPSA) is 43.4 Å². The van der Waals surface area contributed by atoms with Gasteiger partial charge in [-0.2, -0.15) is 0 Å². The highest BCUT2D eigenvalue weighted by Crippen LogP contribution is 2.37. The second-order valence-corrected chi connectivity index (χ2v) is 6.28. The molecule has 3 rings (SSSR count). The SMILES string of the molecule is Cc1sc(NC(C)C)nc1-c1ccc2c(c1)OCCO2. The van der Waals surface area contributed by atoms with Crippen molar-refractivity contribution in [1.82, 2.24) is 4.98 Å². The van der Waals surface area contributed by atoms with Crippen LogP contribution in [0.2, 0.25) is 0 Å². The van der Waals surface area contributed by atoms with E-state index in [-0.39, 0.29) is 0 Å². The number of nitrogens with zero attached hydrogens (tertiary/aromatic N) is 1. The van der Waals surface area contributed by atoms with Gasteiger partial charge in [0, 0.05) is 16.5 Å². The van der Waals surface area contributed by atoms with Crippen LogP contribution in [-0.2, 0) is 0 Å². The summed E-state index contributed by atoms with van der Waals surface area (Å²) in [6, 6.07) is 6.39. The summed E-state index contributed by atoms with van der Waals surface area (Å²) in [4.78, 5) is 5.88. The smallest absolute Gasteiger partial charge is 0.183 e. The van der Waals surface area contributed by atoms with Crippen molar-refractivity contribution in [3.05, 3.63) is 23.1 Å². The molecule has 0 amide bonds. The van der Waals surface area contributed by atoms with Crippen molar-refractivity contribution in [3.8, 4) is 22.8 Å². The first kappa shape index (κ1) is 13.2. The van der Waals surface area contributed by atoms with Gasteiger partial charge in [-0.25, -0.2) is 4.98 Å². The molecule has 2 aromatic rings.